The van der Waals surface area contributed by atoms with Gasteiger partial charge in [0, 0.05) is 13.2 Å². The molecule has 4 heteroatoms. The second-order valence-corrected chi connectivity index (χ2v) is 6.94. The molecule has 3 rings (SSSR count). The van der Waals surface area contributed by atoms with Crippen molar-refractivity contribution < 1.29 is 9.53 Å². The third-order valence-corrected chi connectivity index (χ3v) is 5.31. The fraction of sp³-hybridized carbons (Fsp3) is 0.632. The fourth-order valence-electron chi connectivity index (χ4n) is 3.70. The highest BCUT2D eigenvalue weighted by Crippen LogP contribution is 2.25. The topological polar surface area (TPSA) is 64.4 Å². The number of ether oxygens (including phenoxy) is 1. The number of carbonyl (C=O) groups is 1. The number of carbonyl (C=O) groups excluding carboxylic acids is 1. The quantitative estimate of drug-likeness (QED) is 0.897. The maximum atomic E-state index is 12.4. The van der Waals surface area contributed by atoms with Gasteiger partial charge in [0.05, 0.1) is 12.1 Å². The smallest absolute Gasteiger partial charge is 0.237 e. The molecule has 1 heterocycles. The van der Waals surface area contributed by atoms with Crippen LogP contribution in [-0.4, -0.2) is 25.2 Å². The highest BCUT2D eigenvalue weighted by Gasteiger charge is 2.27. The summed E-state index contributed by atoms with van der Waals surface area (Å²) >= 11 is 0. The van der Waals surface area contributed by atoms with E-state index in [1.807, 2.05) is 6.92 Å². The van der Waals surface area contributed by atoms with Gasteiger partial charge in [-0.15, -0.1) is 0 Å². The summed E-state index contributed by atoms with van der Waals surface area (Å²) in [5, 5.41) is 3.10. The van der Waals surface area contributed by atoms with E-state index in [0.29, 0.717) is 13.2 Å². The minimum atomic E-state index is -0.432. The first-order chi connectivity index (χ1) is 11.1. The van der Waals surface area contributed by atoms with E-state index in [0.717, 1.165) is 19.3 Å². The minimum absolute atomic E-state index is 0.000571. The monoisotopic (exact) mass is 316 g/mol. The first-order valence-corrected chi connectivity index (χ1v) is 8.90. The van der Waals surface area contributed by atoms with Crippen LogP contribution in [0.3, 0.4) is 0 Å². The number of amides is 1. The Morgan fingerprint density at radius 1 is 1.22 bits per heavy atom. The average Bonchev–Trinajstić information content (AvgIpc) is 2.61. The highest BCUT2D eigenvalue weighted by atomic mass is 16.5. The number of fused-ring (bicyclic) bond motifs is 1. The molecule has 2 atom stereocenters. The molecule has 1 aromatic carbocycles. The number of benzene rings is 1. The Balaban J connectivity index is 1.61. The van der Waals surface area contributed by atoms with Crippen molar-refractivity contribution in [3.8, 4) is 0 Å². The molecular weight excluding hydrogens is 288 g/mol. The maximum Gasteiger partial charge on any atom is 0.237 e. The molecule has 1 aromatic rings. The van der Waals surface area contributed by atoms with Gasteiger partial charge in [-0.3, -0.25) is 4.79 Å². The van der Waals surface area contributed by atoms with Crippen molar-refractivity contribution in [3.63, 3.8) is 0 Å². The first kappa shape index (κ1) is 16.5. The van der Waals surface area contributed by atoms with Gasteiger partial charge < -0.3 is 15.8 Å². The Labute approximate surface area is 138 Å². The van der Waals surface area contributed by atoms with Gasteiger partial charge in [-0.2, -0.15) is 0 Å². The summed E-state index contributed by atoms with van der Waals surface area (Å²) in [5.74, 6) is 0.196. The summed E-state index contributed by atoms with van der Waals surface area (Å²) in [6.07, 6.45) is 6.66. The lowest BCUT2D eigenvalue weighted by Gasteiger charge is -2.28. The molecular formula is C19H28N2O2. The van der Waals surface area contributed by atoms with Crippen LogP contribution in [0.1, 0.15) is 55.3 Å². The van der Waals surface area contributed by atoms with Crippen LogP contribution in [0.25, 0.3) is 0 Å². The SMILES string of the molecule is CC(NC(=O)C(N)C1CCOCC1)c1ccc2c(c1)CCCC2. The molecule has 1 saturated heterocycles. The van der Waals surface area contributed by atoms with Crippen LogP contribution in [-0.2, 0) is 22.4 Å². The van der Waals surface area contributed by atoms with E-state index in [-0.39, 0.29) is 17.9 Å². The number of aryl methyl sites for hydroxylation is 2. The van der Waals surface area contributed by atoms with Crippen LogP contribution < -0.4 is 11.1 Å². The Kier molecular flexibility index (Phi) is 5.34. The van der Waals surface area contributed by atoms with Gasteiger partial charge >= 0.3 is 0 Å². The third-order valence-electron chi connectivity index (χ3n) is 5.31. The molecule has 1 aliphatic carbocycles. The minimum Gasteiger partial charge on any atom is -0.381 e. The average molecular weight is 316 g/mol. The highest BCUT2D eigenvalue weighted by molar-refractivity contribution is 5.82. The van der Waals surface area contributed by atoms with E-state index in [2.05, 4.69) is 23.5 Å². The van der Waals surface area contributed by atoms with Crippen molar-refractivity contribution in [3.05, 3.63) is 34.9 Å². The second-order valence-electron chi connectivity index (χ2n) is 6.94. The molecule has 0 radical (unpaired) electrons. The Hall–Kier alpha value is -1.39. The lowest BCUT2D eigenvalue weighted by Crippen LogP contribution is -2.47. The van der Waals surface area contributed by atoms with Crippen LogP contribution >= 0.6 is 0 Å². The zero-order chi connectivity index (χ0) is 16.2. The Morgan fingerprint density at radius 2 is 1.91 bits per heavy atom. The van der Waals surface area contributed by atoms with Crippen LogP contribution in [0.15, 0.2) is 18.2 Å². The first-order valence-electron chi connectivity index (χ1n) is 8.90. The van der Waals surface area contributed by atoms with E-state index < -0.39 is 6.04 Å². The van der Waals surface area contributed by atoms with Crippen molar-refractivity contribution in [2.45, 2.75) is 57.5 Å². The van der Waals surface area contributed by atoms with Crippen molar-refractivity contribution in [2.24, 2.45) is 11.7 Å². The summed E-state index contributed by atoms with van der Waals surface area (Å²) in [5.41, 5.74) is 10.3. The molecule has 126 valence electrons. The molecule has 0 bridgehead atoms. The van der Waals surface area contributed by atoms with E-state index in [1.54, 1.807) is 0 Å². The molecule has 1 aliphatic heterocycles. The predicted octanol–water partition coefficient (Wildman–Crippen LogP) is 2.50. The van der Waals surface area contributed by atoms with Gasteiger partial charge in [0.2, 0.25) is 5.91 Å². The zero-order valence-corrected chi connectivity index (χ0v) is 14.0. The molecule has 2 aliphatic rings. The van der Waals surface area contributed by atoms with Crippen molar-refractivity contribution in [2.75, 3.05) is 13.2 Å². The predicted molar refractivity (Wildman–Crippen MR) is 91.2 cm³/mol. The molecule has 0 saturated carbocycles. The van der Waals surface area contributed by atoms with Crippen LogP contribution in [0.4, 0.5) is 0 Å². The number of nitrogens with one attached hydrogen (secondary N) is 1. The molecule has 1 fully saturated rings. The molecule has 0 spiro atoms. The van der Waals surface area contributed by atoms with Gasteiger partial charge in [0.1, 0.15) is 0 Å². The standard InChI is InChI=1S/C19H28N2O2/c1-13(16-7-6-14-4-2-3-5-17(14)12-16)21-19(22)18(20)15-8-10-23-11-9-15/h6-7,12-13,15,18H,2-5,8-11,20H2,1H3,(H,21,22). The van der Waals surface area contributed by atoms with Crippen LogP contribution in [0.5, 0.6) is 0 Å². The number of nitrogens with two attached hydrogens (primary N) is 1. The molecule has 3 N–H and O–H groups in total. The van der Waals surface area contributed by atoms with E-state index >= 15 is 0 Å². The molecule has 23 heavy (non-hydrogen) atoms. The van der Waals surface area contributed by atoms with Gasteiger partial charge in [-0.25, -0.2) is 0 Å². The summed E-state index contributed by atoms with van der Waals surface area (Å²) < 4.78 is 5.35. The Morgan fingerprint density at radius 3 is 2.65 bits per heavy atom. The largest absolute Gasteiger partial charge is 0.381 e. The van der Waals surface area contributed by atoms with Gasteiger partial charge in [0.25, 0.3) is 0 Å². The van der Waals surface area contributed by atoms with Crippen LogP contribution in [0, 0.1) is 5.92 Å². The van der Waals surface area contributed by atoms with E-state index in [1.165, 1.54) is 36.0 Å². The van der Waals surface area contributed by atoms with Gasteiger partial charge in [0.15, 0.2) is 0 Å². The van der Waals surface area contributed by atoms with Gasteiger partial charge in [-0.05, 0) is 68.1 Å². The summed E-state index contributed by atoms with van der Waals surface area (Å²) in [7, 11) is 0. The summed E-state index contributed by atoms with van der Waals surface area (Å²) in [4.78, 5) is 12.4. The molecule has 4 nitrogen and oxygen atoms in total. The molecule has 0 aromatic heterocycles. The summed E-state index contributed by atoms with van der Waals surface area (Å²) in [6.45, 7) is 3.47. The van der Waals surface area contributed by atoms with Crippen molar-refractivity contribution in [1.29, 1.82) is 0 Å². The molecule has 1 amide bonds. The van der Waals surface area contributed by atoms with Gasteiger partial charge in [-0.1, -0.05) is 18.2 Å². The molecule has 2 unspecified atom stereocenters. The number of rotatable bonds is 4. The maximum absolute atomic E-state index is 12.4. The van der Waals surface area contributed by atoms with Crippen molar-refractivity contribution in [1.82, 2.24) is 5.32 Å². The number of hydrogen-bond acceptors (Lipinski definition) is 3. The normalized spacial score (nSPS) is 21.3. The lowest BCUT2D eigenvalue weighted by molar-refractivity contribution is -0.125. The zero-order valence-electron chi connectivity index (χ0n) is 14.0. The van der Waals surface area contributed by atoms with Crippen LogP contribution in [0.2, 0.25) is 0 Å². The van der Waals surface area contributed by atoms with Crippen molar-refractivity contribution >= 4 is 5.91 Å². The summed E-state index contributed by atoms with van der Waals surface area (Å²) in [6, 6.07) is 6.21. The number of hydrogen-bond donors (Lipinski definition) is 2. The fourth-order valence-corrected chi connectivity index (χ4v) is 3.70. The van der Waals surface area contributed by atoms with E-state index in [4.69, 9.17) is 10.5 Å². The Bertz CT molecular complexity index is 552. The second kappa shape index (κ2) is 7.45. The lowest BCUT2D eigenvalue weighted by atomic mass is 9.89. The van der Waals surface area contributed by atoms with E-state index in [9.17, 15) is 4.79 Å². The third kappa shape index (κ3) is 3.93.